The SMILES string of the molecule is Br.N=c1sc2c(n1CC(=O)c1ccc(C(F)(F)F)cc1)CCC2. The van der Waals surface area contributed by atoms with Gasteiger partial charge in [0.2, 0.25) is 0 Å². The van der Waals surface area contributed by atoms with Crippen molar-refractivity contribution in [3.8, 4) is 0 Å². The molecule has 1 N–H and O–H groups in total. The first-order valence-electron chi connectivity index (χ1n) is 6.82. The molecule has 0 saturated heterocycles. The summed E-state index contributed by atoms with van der Waals surface area (Å²) in [5.41, 5.74) is 0.488. The van der Waals surface area contributed by atoms with E-state index in [2.05, 4.69) is 0 Å². The highest BCUT2D eigenvalue weighted by atomic mass is 79.9. The zero-order chi connectivity index (χ0) is 15.9. The van der Waals surface area contributed by atoms with Crippen molar-refractivity contribution < 1.29 is 18.0 Å². The Morgan fingerprint density at radius 2 is 1.87 bits per heavy atom. The number of aryl methyl sites for hydroxylation is 1. The van der Waals surface area contributed by atoms with Crippen LogP contribution in [-0.4, -0.2) is 10.4 Å². The average Bonchev–Trinajstić information content (AvgIpc) is 3.01. The molecule has 1 aliphatic rings. The molecule has 0 unspecified atom stereocenters. The maximum Gasteiger partial charge on any atom is 0.416 e. The summed E-state index contributed by atoms with van der Waals surface area (Å²) in [4.78, 5) is 13.7. The van der Waals surface area contributed by atoms with Crippen LogP contribution in [0.25, 0.3) is 0 Å². The fourth-order valence-corrected chi connectivity index (χ4v) is 3.73. The quantitative estimate of drug-likeness (QED) is 0.769. The fraction of sp³-hybridized carbons (Fsp3) is 0.333. The molecule has 0 atom stereocenters. The molecule has 8 heteroatoms. The minimum Gasteiger partial charge on any atom is -0.313 e. The van der Waals surface area contributed by atoms with E-state index in [0.717, 1.165) is 42.0 Å². The van der Waals surface area contributed by atoms with E-state index in [4.69, 9.17) is 5.41 Å². The van der Waals surface area contributed by atoms with Crippen LogP contribution >= 0.6 is 28.3 Å². The lowest BCUT2D eigenvalue weighted by Crippen LogP contribution is -2.21. The molecule has 3 nitrogen and oxygen atoms in total. The van der Waals surface area contributed by atoms with Crippen molar-refractivity contribution >= 4 is 34.1 Å². The number of fused-ring (bicyclic) bond motifs is 1. The second-order valence-electron chi connectivity index (χ2n) is 5.22. The summed E-state index contributed by atoms with van der Waals surface area (Å²) in [5.74, 6) is -0.278. The maximum atomic E-state index is 12.5. The molecular weight excluding hydrogens is 393 g/mol. The number of carbonyl (C=O) groups is 1. The third kappa shape index (κ3) is 3.58. The number of thiazole rings is 1. The maximum absolute atomic E-state index is 12.5. The summed E-state index contributed by atoms with van der Waals surface area (Å²) < 4.78 is 39.2. The molecule has 3 rings (SSSR count). The van der Waals surface area contributed by atoms with Crippen molar-refractivity contribution in [2.24, 2.45) is 0 Å². The van der Waals surface area contributed by atoms with Crippen LogP contribution in [0.5, 0.6) is 0 Å². The molecule has 0 amide bonds. The fourth-order valence-electron chi connectivity index (χ4n) is 2.64. The van der Waals surface area contributed by atoms with Crippen molar-refractivity contribution in [1.82, 2.24) is 4.57 Å². The first-order valence-corrected chi connectivity index (χ1v) is 7.64. The van der Waals surface area contributed by atoms with E-state index in [1.807, 2.05) is 0 Å². The molecule has 0 saturated carbocycles. The molecule has 0 spiro atoms. The van der Waals surface area contributed by atoms with Crippen LogP contribution in [0.1, 0.15) is 32.9 Å². The van der Waals surface area contributed by atoms with Gasteiger partial charge in [-0.05, 0) is 31.4 Å². The van der Waals surface area contributed by atoms with Crippen molar-refractivity contribution in [3.05, 3.63) is 50.8 Å². The average molecular weight is 407 g/mol. The Kier molecular flexibility index (Phi) is 5.15. The Morgan fingerprint density at radius 1 is 1.22 bits per heavy atom. The number of alkyl halides is 3. The van der Waals surface area contributed by atoms with Crippen LogP contribution in [0, 0.1) is 5.41 Å². The Labute approximate surface area is 145 Å². The molecule has 2 aromatic rings. The van der Waals surface area contributed by atoms with E-state index in [1.165, 1.54) is 23.5 Å². The molecule has 0 aliphatic heterocycles. The minimum absolute atomic E-state index is 0. The number of hydrogen-bond acceptors (Lipinski definition) is 3. The van der Waals surface area contributed by atoms with Crippen molar-refractivity contribution in [3.63, 3.8) is 0 Å². The summed E-state index contributed by atoms with van der Waals surface area (Å²) in [6.07, 6.45) is -1.59. The lowest BCUT2D eigenvalue weighted by molar-refractivity contribution is -0.137. The summed E-state index contributed by atoms with van der Waals surface area (Å²) in [5, 5.41) is 7.92. The van der Waals surface area contributed by atoms with Gasteiger partial charge in [0.1, 0.15) is 0 Å². The van der Waals surface area contributed by atoms with E-state index in [0.29, 0.717) is 4.80 Å². The normalized spacial score (nSPS) is 13.5. The van der Waals surface area contributed by atoms with Crippen molar-refractivity contribution in [2.75, 3.05) is 0 Å². The number of nitrogens with one attached hydrogen (secondary N) is 1. The summed E-state index contributed by atoms with van der Waals surface area (Å²) in [6, 6.07) is 4.22. The van der Waals surface area contributed by atoms with Gasteiger partial charge in [0, 0.05) is 16.1 Å². The predicted molar refractivity (Wildman–Crippen MR) is 86.3 cm³/mol. The Balaban J connectivity index is 0.00000192. The number of rotatable bonds is 3. The van der Waals surface area contributed by atoms with Crippen LogP contribution in [0.15, 0.2) is 24.3 Å². The van der Waals surface area contributed by atoms with Gasteiger partial charge in [0.25, 0.3) is 0 Å². The number of nitrogens with zero attached hydrogens (tertiary/aromatic N) is 1. The molecule has 0 bridgehead atoms. The van der Waals surface area contributed by atoms with E-state index < -0.39 is 11.7 Å². The van der Waals surface area contributed by atoms with E-state index in [1.54, 1.807) is 4.57 Å². The van der Waals surface area contributed by atoms with Gasteiger partial charge in [0.05, 0.1) is 12.1 Å². The van der Waals surface area contributed by atoms with Crippen molar-refractivity contribution in [1.29, 1.82) is 5.41 Å². The monoisotopic (exact) mass is 406 g/mol. The number of ketones is 1. The molecule has 1 aliphatic carbocycles. The number of benzene rings is 1. The number of aromatic nitrogens is 1. The Bertz CT molecular complexity index is 778. The number of hydrogen-bond donors (Lipinski definition) is 1. The van der Waals surface area contributed by atoms with Crippen LogP contribution in [-0.2, 0) is 25.6 Å². The lowest BCUT2D eigenvalue weighted by Gasteiger charge is -2.09. The largest absolute Gasteiger partial charge is 0.416 e. The second kappa shape index (κ2) is 6.60. The zero-order valence-electron chi connectivity index (χ0n) is 11.9. The van der Waals surface area contributed by atoms with Gasteiger partial charge in [-0.2, -0.15) is 13.2 Å². The van der Waals surface area contributed by atoms with Gasteiger partial charge < -0.3 is 4.57 Å². The van der Waals surface area contributed by atoms with Gasteiger partial charge in [-0.25, -0.2) is 0 Å². The second-order valence-corrected chi connectivity index (χ2v) is 6.30. The zero-order valence-corrected chi connectivity index (χ0v) is 14.5. The van der Waals surface area contributed by atoms with Crippen LogP contribution in [0.4, 0.5) is 13.2 Å². The predicted octanol–water partition coefficient (Wildman–Crippen LogP) is 4.00. The minimum atomic E-state index is -4.40. The first-order chi connectivity index (χ1) is 10.4. The smallest absolute Gasteiger partial charge is 0.313 e. The summed E-state index contributed by atoms with van der Waals surface area (Å²) >= 11 is 1.38. The third-order valence-corrected chi connectivity index (χ3v) is 4.87. The number of halogens is 4. The highest BCUT2D eigenvalue weighted by Gasteiger charge is 2.30. The van der Waals surface area contributed by atoms with E-state index in [-0.39, 0.29) is 34.9 Å². The standard InChI is InChI=1S/C15H13F3N2OS.BrH/c16-15(17,18)10-6-4-9(5-7-10)12(21)8-20-11-2-1-3-13(11)22-14(20)19;/h4-7,19H,1-3,8H2;1H. The van der Waals surface area contributed by atoms with Gasteiger partial charge in [-0.3, -0.25) is 10.2 Å². The molecular formula is C15H14BrF3N2OS. The van der Waals surface area contributed by atoms with Gasteiger partial charge >= 0.3 is 6.18 Å². The lowest BCUT2D eigenvalue weighted by atomic mass is 10.1. The number of carbonyl (C=O) groups excluding carboxylic acids is 1. The van der Waals surface area contributed by atoms with Crippen LogP contribution in [0.2, 0.25) is 0 Å². The Hall–Kier alpha value is -1.41. The summed E-state index contributed by atoms with van der Waals surface area (Å²) in [7, 11) is 0. The number of Topliss-reactive ketones (excluding diaryl/α,β-unsaturated/α-hetero) is 1. The van der Waals surface area contributed by atoms with E-state index >= 15 is 0 Å². The van der Waals surface area contributed by atoms with Crippen LogP contribution < -0.4 is 4.80 Å². The first kappa shape index (κ1) is 17.9. The molecule has 124 valence electrons. The third-order valence-electron chi connectivity index (χ3n) is 3.77. The van der Waals surface area contributed by atoms with Gasteiger partial charge in [-0.15, -0.1) is 28.3 Å². The van der Waals surface area contributed by atoms with Gasteiger partial charge in [-0.1, -0.05) is 12.1 Å². The van der Waals surface area contributed by atoms with E-state index in [9.17, 15) is 18.0 Å². The van der Waals surface area contributed by atoms with Gasteiger partial charge in [0.15, 0.2) is 10.6 Å². The molecule has 0 radical (unpaired) electrons. The highest BCUT2D eigenvalue weighted by Crippen LogP contribution is 2.29. The highest BCUT2D eigenvalue weighted by molar-refractivity contribution is 8.93. The van der Waals surface area contributed by atoms with Crippen molar-refractivity contribution in [2.45, 2.75) is 32.0 Å². The molecule has 1 heterocycles. The summed E-state index contributed by atoms with van der Waals surface area (Å²) in [6.45, 7) is 0.00995. The molecule has 0 fully saturated rings. The topological polar surface area (TPSA) is 45.9 Å². The Morgan fingerprint density at radius 3 is 2.48 bits per heavy atom. The van der Waals surface area contributed by atoms with Crippen LogP contribution in [0.3, 0.4) is 0 Å². The molecule has 1 aromatic heterocycles. The molecule has 1 aromatic carbocycles. The molecule has 23 heavy (non-hydrogen) atoms.